The van der Waals surface area contributed by atoms with Crippen LogP contribution in [0.1, 0.15) is 97.5 Å². The molecule has 1 N–H and O–H groups in total. The van der Waals surface area contributed by atoms with Crippen LogP contribution in [0.2, 0.25) is 0 Å². The summed E-state index contributed by atoms with van der Waals surface area (Å²) in [5.74, 6) is 1.21. The predicted molar refractivity (Wildman–Crippen MR) is 152 cm³/mol. The second kappa shape index (κ2) is 9.53. The van der Waals surface area contributed by atoms with Gasteiger partial charge in [-0.3, -0.25) is 0 Å². The second-order valence-corrected chi connectivity index (χ2v) is 16.6. The Morgan fingerprint density at radius 3 is 1.58 bits per heavy atom. The van der Waals surface area contributed by atoms with Crippen molar-refractivity contribution in [2.75, 3.05) is 0 Å². The van der Waals surface area contributed by atoms with Crippen LogP contribution in [0, 0.1) is 16.7 Å². The Hall–Kier alpha value is -1.74. The van der Waals surface area contributed by atoms with E-state index in [4.69, 9.17) is 4.74 Å². The molecule has 1 aromatic heterocycles. The molecule has 196 valence electrons. The van der Waals surface area contributed by atoms with E-state index < -0.39 is 12.0 Å². The van der Waals surface area contributed by atoms with Crippen LogP contribution in [0.5, 0.6) is 0 Å². The van der Waals surface area contributed by atoms with E-state index in [1.165, 1.54) is 8.87 Å². The maximum atomic E-state index is 13.2. The van der Waals surface area contributed by atoms with Crippen molar-refractivity contribution in [3.05, 3.63) is 67.5 Å². The van der Waals surface area contributed by atoms with Crippen molar-refractivity contribution in [2.24, 2.45) is 16.7 Å². The molecule has 0 saturated heterocycles. The summed E-state index contributed by atoms with van der Waals surface area (Å²) < 4.78 is 9.06. The molecule has 2 aliphatic rings. The van der Waals surface area contributed by atoms with E-state index in [0.29, 0.717) is 5.57 Å². The van der Waals surface area contributed by atoms with Gasteiger partial charge in [0.25, 0.3) is 0 Å². The fraction of sp³-hybridized carbons (Fsp3) is 0.562. The smallest absolute Gasteiger partial charge is 0.0530 e. The van der Waals surface area contributed by atoms with Crippen molar-refractivity contribution in [3.63, 3.8) is 0 Å². The molecule has 0 amide bonds. The first-order chi connectivity index (χ1) is 16.2. The molecule has 0 spiro atoms. The van der Waals surface area contributed by atoms with Crippen LogP contribution in [0.4, 0.5) is 0 Å². The molecular formula is C32H45O3Se+. The van der Waals surface area contributed by atoms with E-state index in [9.17, 15) is 9.90 Å². The van der Waals surface area contributed by atoms with Gasteiger partial charge in [-0.1, -0.05) is 41.5 Å². The molecule has 3 nitrogen and oxygen atoms in total. The molecule has 3 rings (SSSR count). The number of aliphatic hydroxyl groups excluding tert-OH is 1. The van der Waals surface area contributed by atoms with Gasteiger partial charge in [-0.2, -0.15) is 0 Å². The monoisotopic (exact) mass is 557 g/mol. The van der Waals surface area contributed by atoms with E-state index in [1.807, 2.05) is 24.3 Å². The molecule has 1 saturated carbocycles. The first kappa shape index (κ1) is 28.8. The van der Waals surface area contributed by atoms with Gasteiger partial charge < -0.3 is 0 Å². The number of ketones is 1. The molecule has 0 bridgehead atoms. The number of carbonyl (C=O) groups excluding carboxylic acids is 1. The molecule has 1 aliphatic carbocycles. The van der Waals surface area contributed by atoms with Crippen LogP contribution >= 0.6 is 0 Å². The summed E-state index contributed by atoms with van der Waals surface area (Å²) in [5, 5.41) is 11.0. The van der Waals surface area contributed by atoms with Gasteiger partial charge in [0.1, 0.15) is 0 Å². The molecule has 0 radical (unpaired) electrons. The third kappa shape index (κ3) is 6.39. The van der Waals surface area contributed by atoms with Gasteiger partial charge in [0.05, 0.1) is 0 Å². The summed E-state index contributed by atoms with van der Waals surface area (Å²) in [7, 11) is 0. The molecule has 1 aromatic rings. The minimum absolute atomic E-state index is 0.00193. The molecular weight excluding hydrogens is 511 g/mol. The van der Waals surface area contributed by atoms with Crippen LogP contribution in [-0.4, -0.2) is 31.5 Å². The molecule has 4 heteroatoms. The van der Waals surface area contributed by atoms with Crippen molar-refractivity contribution in [1.29, 1.82) is 0 Å². The Bertz CT molecular complexity index is 1100. The number of ether oxygens (including phenoxy) is 1. The second-order valence-electron chi connectivity index (χ2n) is 14.3. The number of aliphatic hydroxyl groups is 1. The SMILES string of the molecule is CC(C)(C)C1=CC(=CC2C(=O)C(=Cc3cc(C(C)(C)C)[se+]c(C(C)(C)C)c3)C2O)C=C(C(C)(C)C)O1. The molecule has 2 atom stereocenters. The van der Waals surface area contributed by atoms with Crippen molar-refractivity contribution < 1.29 is 14.6 Å². The fourth-order valence-corrected chi connectivity index (χ4v) is 6.59. The Kier molecular flexibility index (Phi) is 7.63. The first-order valence-corrected chi connectivity index (χ1v) is 14.7. The van der Waals surface area contributed by atoms with E-state index in [2.05, 4.69) is 95.2 Å². The standard InChI is InChI=1S/C32H45O3Se/c1-29(2,3)23-15-19(16-24(35-23)30(4,5)6)13-21-27(33)22(28(21)34)14-20-17-25(31(7,8)9)36-26(18-20)32(10,11)12/h13-18,21,27,33H,1-12H3/q+1. The summed E-state index contributed by atoms with van der Waals surface area (Å²) in [6.07, 6.45) is 7.03. The van der Waals surface area contributed by atoms with Crippen molar-refractivity contribution >= 4 is 26.4 Å². The Morgan fingerprint density at radius 2 is 1.22 bits per heavy atom. The predicted octanol–water partition coefficient (Wildman–Crippen LogP) is 7.38. The zero-order valence-electron chi connectivity index (χ0n) is 24.3. The third-order valence-corrected chi connectivity index (χ3v) is 10.5. The van der Waals surface area contributed by atoms with E-state index in [0.717, 1.165) is 22.7 Å². The quantitative estimate of drug-likeness (QED) is 0.305. The number of carbonyl (C=O) groups is 1. The van der Waals surface area contributed by atoms with Crippen LogP contribution in [0.3, 0.4) is 0 Å². The molecule has 1 fully saturated rings. The van der Waals surface area contributed by atoms with E-state index in [1.54, 1.807) is 0 Å². The molecule has 2 unspecified atom stereocenters. The number of allylic oxidation sites excluding steroid dienone is 5. The topological polar surface area (TPSA) is 46.5 Å². The van der Waals surface area contributed by atoms with Gasteiger partial charge in [-0.15, -0.1) is 0 Å². The van der Waals surface area contributed by atoms with Crippen molar-refractivity contribution in [1.82, 2.24) is 0 Å². The number of rotatable bonds is 2. The van der Waals surface area contributed by atoms with Gasteiger partial charge in [0.2, 0.25) is 0 Å². The minimum Gasteiger partial charge on any atom is -0.0530 e. The summed E-state index contributed by atoms with van der Waals surface area (Å²) in [6, 6.07) is 4.45. The minimum atomic E-state index is -0.802. The Balaban J connectivity index is 1.98. The average molecular weight is 557 g/mol. The molecule has 36 heavy (non-hydrogen) atoms. The zero-order chi connectivity index (χ0) is 27.4. The summed E-state index contributed by atoms with van der Waals surface area (Å²) in [5.41, 5.74) is 2.26. The van der Waals surface area contributed by atoms with Crippen LogP contribution < -0.4 is 0 Å². The van der Waals surface area contributed by atoms with Crippen LogP contribution in [0.15, 0.2) is 53.0 Å². The van der Waals surface area contributed by atoms with Crippen LogP contribution in [-0.2, 0) is 20.4 Å². The number of Topliss-reactive ketones (excluding diaryl/α,β-unsaturated/α-hetero) is 1. The van der Waals surface area contributed by atoms with Crippen molar-refractivity contribution in [3.8, 4) is 0 Å². The summed E-state index contributed by atoms with van der Waals surface area (Å²) in [6.45, 7) is 26.2. The zero-order valence-corrected chi connectivity index (χ0v) is 26.0. The van der Waals surface area contributed by atoms with Gasteiger partial charge in [-0.25, -0.2) is 0 Å². The van der Waals surface area contributed by atoms with Gasteiger partial charge in [0.15, 0.2) is 0 Å². The van der Waals surface area contributed by atoms with Gasteiger partial charge in [-0.05, 0) is 0 Å². The van der Waals surface area contributed by atoms with Crippen LogP contribution in [0.25, 0.3) is 6.08 Å². The van der Waals surface area contributed by atoms with Gasteiger partial charge >= 0.3 is 184 Å². The third-order valence-electron chi connectivity index (χ3n) is 6.53. The fourth-order valence-electron chi connectivity index (χ4n) is 3.99. The number of hydrogen-bond acceptors (Lipinski definition) is 3. The normalized spacial score (nSPS) is 22.6. The van der Waals surface area contributed by atoms with Gasteiger partial charge in [0, 0.05) is 0 Å². The van der Waals surface area contributed by atoms with Crippen molar-refractivity contribution in [2.45, 2.75) is 100 Å². The Morgan fingerprint density at radius 1 is 0.778 bits per heavy atom. The molecule has 2 heterocycles. The first-order valence-electron chi connectivity index (χ1n) is 12.9. The summed E-state index contributed by atoms with van der Waals surface area (Å²) >= 11 is 0.283. The van der Waals surface area contributed by atoms with E-state index in [-0.39, 0.29) is 41.9 Å². The Labute approximate surface area is 224 Å². The molecule has 0 aromatic carbocycles. The molecule has 1 aliphatic heterocycles. The summed E-state index contributed by atoms with van der Waals surface area (Å²) in [4.78, 5) is 13.2. The number of hydrogen-bond donors (Lipinski definition) is 1. The maximum absolute atomic E-state index is 13.2. The average Bonchev–Trinajstić information content (AvgIpc) is 2.72. The van der Waals surface area contributed by atoms with E-state index >= 15 is 0 Å².